The summed E-state index contributed by atoms with van der Waals surface area (Å²) in [5.74, 6) is -0.0948. The van der Waals surface area contributed by atoms with E-state index < -0.39 is 5.97 Å². The average Bonchev–Trinajstić information content (AvgIpc) is 2.83. The largest absolute Gasteiger partial charge is 0.480 e. The third-order valence-corrected chi connectivity index (χ3v) is 4.58. The molecule has 0 saturated carbocycles. The molecule has 0 bridgehead atoms. The monoisotopic (exact) mass is 351 g/mol. The number of aliphatic carboxylic acids is 1. The molecule has 1 unspecified atom stereocenters. The minimum atomic E-state index is -0.799. The number of carboxylic acids is 1. The number of aryl methyl sites for hydroxylation is 1. The molecule has 8 heteroatoms. The fourth-order valence-corrected chi connectivity index (χ4v) is 3.29. The number of rotatable bonds is 8. The summed E-state index contributed by atoms with van der Waals surface area (Å²) in [6.45, 7) is 4.93. The third-order valence-electron chi connectivity index (χ3n) is 4.58. The standard InChI is InChI=1S/C17H29N5O3/c1-3-9-22-15(6-8-18-22)19-16(23)12-21-10-4-5-14(7-11-21)20(2)13-17(24)25/h6,8,14H,3-5,7,9-13H2,1-2H3,(H,19,23)(H,24,25). The van der Waals surface area contributed by atoms with E-state index in [-0.39, 0.29) is 18.5 Å². The fourth-order valence-electron chi connectivity index (χ4n) is 3.29. The third kappa shape index (κ3) is 6.13. The summed E-state index contributed by atoms with van der Waals surface area (Å²) < 4.78 is 1.80. The van der Waals surface area contributed by atoms with Crippen molar-refractivity contribution in [3.63, 3.8) is 0 Å². The van der Waals surface area contributed by atoms with Gasteiger partial charge in [-0.25, -0.2) is 4.68 Å². The van der Waals surface area contributed by atoms with Crippen molar-refractivity contribution in [1.29, 1.82) is 0 Å². The van der Waals surface area contributed by atoms with Gasteiger partial charge in [0.1, 0.15) is 5.82 Å². The van der Waals surface area contributed by atoms with Crippen molar-refractivity contribution in [3.05, 3.63) is 12.3 Å². The molecule has 1 saturated heterocycles. The molecule has 25 heavy (non-hydrogen) atoms. The van der Waals surface area contributed by atoms with Gasteiger partial charge in [0.05, 0.1) is 19.3 Å². The number of carbonyl (C=O) groups is 2. The number of likely N-dealkylation sites (tertiary alicyclic amines) is 1. The zero-order chi connectivity index (χ0) is 18.2. The van der Waals surface area contributed by atoms with Gasteiger partial charge in [-0.1, -0.05) is 6.92 Å². The van der Waals surface area contributed by atoms with Crippen molar-refractivity contribution in [1.82, 2.24) is 19.6 Å². The molecular formula is C17H29N5O3. The van der Waals surface area contributed by atoms with Gasteiger partial charge in [0.15, 0.2) is 0 Å². The Bertz CT molecular complexity index is 574. The second-order valence-electron chi connectivity index (χ2n) is 6.66. The second kappa shape index (κ2) is 9.53. The van der Waals surface area contributed by atoms with Crippen LogP contribution in [0.5, 0.6) is 0 Å². The van der Waals surface area contributed by atoms with Crippen LogP contribution in [-0.4, -0.2) is 75.8 Å². The van der Waals surface area contributed by atoms with Crippen molar-refractivity contribution in [2.75, 3.05) is 38.5 Å². The summed E-state index contributed by atoms with van der Waals surface area (Å²) in [5.41, 5.74) is 0. The molecule has 8 nitrogen and oxygen atoms in total. The average molecular weight is 351 g/mol. The minimum Gasteiger partial charge on any atom is -0.480 e. The van der Waals surface area contributed by atoms with E-state index in [2.05, 4.69) is 22.2 Å². The maximum Gasteiger partial charge on any atom is 0.317 e. The molecule has 1 aromatic heterocycles. The van der Waals surface area contributed by atoms with E-state index in [1.807, 2.05) is 18.0 Å². The maximum atomic E-state index is 12.3. The predicted molar refractivity (Wildman–Crippen MR) is 95.5 cm³/mol. The Labute approximate surface area is 148 Å². The fraction of sp³-hybridized carbons (Fsp3) is 0.706. The molecule has 0 aromatic carbocycles. The molecule has 0 aliphatic carbocycles. The number of nitrogens with one attached hydrogen (secondary N) is 1. The van der Waals surface area contributed by atoms with Crippen LogP contribution < -0.4 is 5.32 Å². The summed E-state index contributed by atoms with van der Waals surface area (Å²) in [7, 11) is 1.86. The molecule has 2 rings (SSSR count). The number of carbonyl (C=O) groups excluding carboxylic acids is 1. The number of hydrogen-bond acceptors (Lipinski definition) is 5. The SMILES string of the molecule is CCCn1nccc1NC(=O)CN1CCCC(N(C)CC(=O)O)CC1. The Morgan fingerprint density at radius 1 is 1.40 bits per heavy atom. The zero-order valence-electron chi connectivity index (χ0n) is 15.1. The Balaban J connectivity index is 1.81. The molecule has 1 aliphatic heterocycles. The van der Waals surface area contributed by atoms with Crippen LogP contribution in [0.1, 0.15) is 32.6 Å². The number of amides is 1. The van der Waals surface area contributed by atoms with E-state index in [1.165, 1.54) is 0 Å². The van der Waals surface area contributed by atoms with Crippen LogP contribution in [-0.2, 0) is 16.1 Å². The first-order valence-electron chi connectivity index (χ1n) is 8.95. The van der Waals surface area contributed by atoms with E-state index >= 15 is 0 Å². The second-order valence-corrected chi connectivity index (χ2v) is 6.66. The van der Waals surface area contributed by atoms with Crippen molar-refractivity contribution >= 4 is 17.7 Å². The number of hydrogen-bond donors (Lipinski definition) is 2. The summed E-state index contributed by atoms with van der Waals surface area (Å²) in [4.78, 5) is 27.2. The topological polar surface area (TPSA) is 90.7 Å². The first-order valence-corrected chi connectivity index (χ1v) is 8.95. The van der Waals surface area contributed by atoms with Crippen LogP contribution >= 0.6 is 0 Å². The lowest BCUT2D eigenvalue weighted by atomic mass is 10.1. The highest BCUT2D eigenvalue weighted by Gasteiger charge is 2.22. The summed E-state index contributed by atoms with van der Waals surface area (Å²) in [6, 6.07) is 2.07. The molecule has 1 aromatic rings. The maximum absolute atomic E-state index is 12.3. The molecule has 1 fully saturated rings. The number of anilines is 1. The number of likely N-dealkylation sites (N-methyl/N-ethyl adjacent to an activating group) is 1. The minimum absolute atomic E-state index is 0.0322. The summed E-state index contributed by atoms with van der Waals surface area (Å²) in [5, 5.41) is 16.1. The first kappa shape index (κ1) is 19.4. The molecule has 2 N–H and O–H groups in total. The zero-order valence-corrected chi connectivity index (χ0v) is 15.1. The van der Waals surface area contributed by atoms with Crippen LogP contribution in [0.3, 0.4) is 0 Å². The lowest BCUT2D eigenvalue weighted by Crippen LogP contribution is -2.38. The van der Waals surface area contributed by atoms with Crippen molar-refractivity contribution in [2.24, 2.45) is 0 Å². The summed E-state index contributed by atoms with van der Waals surface area (Å²) in [6.07, 6.45) is 5.47. The van der Waals surface area contributed by atoms with E-state index in [4.69, 9.17) is 5.11 Å². The Morgan fingerprint density at radius 2 is 2.20 bits per heavy atom. The molecule has 1 aliphatic rings. The van der Waals surface area contributed by atoms with Crippen LogP contribution in [0.25, 0.3) is 0 Å². The summed E-state index contributed by atoms with van der Waals surface area (Å²) >= 11 is 0. The molecule has 1 atom stereocenters. The first-order chi connectivity index (χ1) is 12.0. The van der Waals surface area contributed by atoms with Gasteiger partial charge in [0.2, 0.25) is 5.91 Å². The van der Waals surface area contributed by atoms with E-state index in [9.17, 15) is 9.59 Å². The van der Waals surface area contributed by atoms with Crippen molar-refractivity contribution in [3.8, 4) is 0 Å². The van der Waals surface area contributed by atoms with Gasteiger partial charge in [-0.05, 0) is 39.3 Å². The van der Waals surface area contributed by atoms with E-state index in [1.54, 1.807) is 10.9 Å². The van der Waals surface area contributed by atoms with Gasteiger partial charge in [-0.3, -0.25) is 19.4 Å². The Hall–Kier alpha value is -1.93. The van der Waals surface area contributed by atoms with E-state index in [0.717, 1.165) is 51.1 Å². The quantitative estimate of drug-likeness (QED) is 0.729. The highest BCUT2D eigenvalue weighted by molar-refractivity contribution is 5.91. The van der Waals surface area contributed by atoms with Gasteiger partial charge in [0.25, 0.3) is 0 Å². The van der Waals surface area contributed by atoms with Crippen molar-refractivity contribution in [2.45, 2.75) is 45.2 Å². The van der Waals surface area contributed by atoms with Crippen LogP contribution in [0.15, 0.2) is 12.3 Å². The van der Waals surface area contributed by atoms with Gasteiger partial charge >= 0.3 is 5.97 Å². The smallest absolute Gasteiger partial charge is 0.317 e. The lowest BCUT2D eigenvalue weighted by Gasteiger charge is -2.25. The molecule has 0 radical (unpaired) electrons. The van der Waals surface area contributed by atoms with Crippen LogP contribution in [0, 0.1) is 0 Å². The van der Waals surface area contributed by atoms with E-state index in [0.29, 0.717) is 6.54 Å². The Kier molecular flexibility index (Phi) is 7.39. The van der Waals surface area contributed by atoms with Gasteiger partial charge < -0.3 is 10.4 Å². The molecule has 140 valence electrons. The molecular weight excluding hydrogens is 322 g/mol. The highest BCUT2D eigenvalue weighted by Crippen LogP contribution is 2.16. The van der Waals surface area contributed by atoms with Crippen molar-refractivity contribution < 1.29 is 14.7 Å². The number of carboxylic acid groups (broad SMARTS) is 1. The predicted octanol–water partition coefficient (Wildman–Crippen LogP) is 1.10. The van der Waals surface area contributed by atoms with Gasteiger partial charge in [-0.2, -0.15) is 5.10 Å². The molecule has 2 heterocycles. The number of nitrogens with zero attached hydrogens (tertiary/aromatic N) is 4. The van der Waals surface area contributed by atoms with Crippen LogP contribution in [0.4, 0.5) is 5.82 Å². The normalized spacial score (nSPS) is 18.9. The molecule has 1 amide bonds. The molecule has 0 spiro atoms. The lowest BCUT2D eigenvalue weighted by molar-refractivity contribution is -0.138. The van der Waals surface area contributed by atoms with Gasteiger partial charge in [-0.15, -0.1) is 0 Å². The highest BCUT2D eigenvalue weighted by atomic mass is 16.4. The van der Waals surface area contributed by atoms with Gasteiger partial charge in [0, 0.05) is 25.2 Å². The number of aromatic nitrogens is 2. The van der Waals surface area contributed by atoms with Crippen LogP contribution in [0.2, 0.25) is 0 Å². The Morgan fingerprint density at radius 3 is 2.92 bits per heavy atom.